The standard InChI is InChI=1S/C32H37N5O3/c1-23-9-7-12-28(24(23)2)29-11-6-5-10-25(29)18-22-40-32(38)36-30-17-19-33-31(35-30)34-26-13-15-27(16-14-26)39-21-8-20-37(3)4/h5-7,9-17,19H,8,18,20-22H2,1-4H3,(H2,33,34,35,36,38). The Morgan fingerprint density at radius 3 is 2.48 bits per heavy atom. The van der Waals surface area contributed by atoms with Gasteiger partial charge in [-0.1, -0.05) is 42.5 Å². The number of hydrogen-bond donors (Lipinski definition) is 2. The highest BCUT2D eigenvalue weighted by Gasteiger charge is 2.11. The third kappa shape index (κ3) is 8.28. The van der Waals surface area contributed by atoms with Crippen molar-refractivity contribution < 1.29 is 14.3 Å². The van der Waals surface area contributed by atoms with E-state index < -0.39 is 6.09 Å². The van der Waals surface area contributed by atoms with Crippen LogP contribution in [-0.2, 0) is 11.2 Å². The Hall–Kier alpha value is -4.43. The molecule has 0 spiro atoms. The molecule has 0 aliphatic carbocycles. The number of aromatic nitrogens is 2. The minimum atomic E-state index is -0.565. The molecule has 1 aromatic heterocycles. The monoisotopic (exact) mass is 539 g/mol. The highest BCUT2D eigenvalue weighted by Crippen LogP contribution is 2.29. The van der Waals surface area contributed by atoms with Crippen LogP contribution < -0.4 is 15.4 Å². The van der Waals surface area contributed by atoms with Gasteiger partial charge >= 0.3 is 6.09 Å². The fourth-order valence-corrected chi connectivity index (χ4v) is 4.26. The summed E-state index contributed by atoms with van der Waals surface area (Å²) >= 11 is 0. The predicted molar refractivity (Wildman–Crippen MR) is 160 cm³/mol. The highest BCUT2D eigenvalue weighted by molar-refractivity contribution is 5.83. The number of amides is 1. The molecule has 1 amide bonds. The maximum absolute atomic E-state index is 12.5. The number of anilines is 3. The van der Waals surface area contributed by atoms with Crippen LogP contribution in [0.4, 0.5) is 22.2 Å². The number of nitrogens with one attached hydrogen (secondary N) is 2. The average Bonchev–Trinajstić information content (AvgIpc) is 2.94. The largest absolute Gasteiger partial charge is 0.494 e. The Kier molecular flexibility index (Phi) is 10.1. The number of carbonyl (C=O) groups excluding carboxylic acids is 1. The maximum atomic E-state index is 12.5. The molecule has 40 heavy (non-hydrogen) atoms. The van der Waals surface area contributed by atoms with Crippen LogP contribution in [0.3, 0.4) is 0 Å². The van der Waals surface area contributed by atoms with E-state index in [1.165, 1.54) is 16.7 Å². The first-order chi connectivity index (χ1) is 19.4. The Balaban J connectivity index is 1.27. The molecule has 0 unspecified atom stereocenters. The number of benzene rings is 3. The lowest BCUT2D eigenvalue weighted by atomic mass is 9.92. The number of ether oxygens (including phenoxy) is 2. The summed E-state index contributed by atoms with van der Waals surface area (Å²) in [6, 6.07) is 23.7. The molecule has 0 fully saturated rings. The average molecular weight is 540 g/mol. The molecule has 0 saturated heterocycles. The molecule has 8 nitrogen and oxygen atoms in total. The van der Waals surface area contributed by atoms with Gasteiger partial charge < -0.3 is 19.7 Å². The Labute approximate surface area is 236 Å². The minimum absolute atomic E-state index is 0.244. The molecule has 0 atom stereocenters. The fourth-order valence-electron chi connectivity index (χ4n) is 4.26. The van der Waals surface area contributed by atoms with Gasteiger partial charge in [0.25, 0.3) is 0 Å². The summed E-state index contributed by atoms with van der Waals surface area (Å²) in [4.78, 5) is 23.2. The topological polar surface area (TPSA) is 88.6 Å². The minimum Gasteiger partial charge on any atom is -0.494 e. The molecule has 0 saturated carbocycles. The smallest absolute Gasteiger partial charge is 0.412 e. The molecule has 1 heterocycles. The molecular formula is C32H37N5O3. The zero-order valence-electron chi connectivity index (χ0n) is 23.6. The van der Waals surface area contributed by atoms with E-state index >= 15 is 0 Å². The molecule has 4 aromatic rings. The molecule has 3 aromatic carbocycles. The molecule has 0 radical (unpaired) electrons. The van der Waals surface area contributed by atoms with Gasteiger partial charge in [0, 0.05) is 24.8 Å². The summed E-state index contributed by atoms with van der Waals surface area (Å²) in [6.07, 6.45) is 2.57. The summed E-state index contributed by atoms with van der Waals surface area (Å²) < 4.78 is 11.2. The number of nitrogens with zero attached hydrogens (tertiary/aromatic N) is 3. The van der Waals surface area contributed by atoms with Crippen molar-refractivity contribution in [1.82, 2.24) is 14.9 Å². The number of carbonyl (C=O) groups is 1. The molecule has 208 valence electrons. The van der Waals surface area contributed by atoms with Crippen LogP contribution in [0, 0.1) is 13.8 Å². The number of aryl methyl sites for hydroxylation is 1. The van der Waals surface area contributed by atoms with Crippen LogP contribution in [-0.4, -0.2) is 54.8 Å². The third-order valence-electron chi connectivity index (χ3n) is 6.53. The van der Waals surface area contributed by atoms with Crippen molar-refractivity contribution in [3.8, 4) is 16.9 Å². The van der Waals surface area contributed by atoms with Crippen LogP contribution >= 0.6 is 0 Å². The first kappa shape index (κ1) is 28.6. The summed E-state index contributed by atoms with van der Waals surface area (Å²) in [5.74, 6) is 1.51. The predicted octanol–water partition coefficient (Wildman–Crippen LogP) is 6.63. The van der Waals surface area contributed by atoms with E-state index in [9.17, 15) is 4.79 Å². The van der Waals surface area contributed by atoms with Crippen molar-refractivity contribution in [3.05, 3.63) is 95.7 Å². The van der Waals surface area contributed by atoms with Gasteiger partial charge in [-0.3, -0.25) is 5.32 Å². The van der Waals surface area contributed by atoms with Crippen LogP contribution in [0.1, 0.15) is 23.1 Å². The molecule has 4 rings (SSSR count). The quantitative estimate of drug-likeness (QED) is 0.195. The second-order valence-corrected chi connectivity index (χ2v) is 9.84. The van der Waals surface area contributed by atoms with E-state index in [-0.39, 0.29) is 6.61 Å². The van der Waals surface area contributed by atoms with Gasteiger partial charge in [0.15, 0.2) is 0 Å². The summed E-state index contributed by atoms with van der Waals surface area (Å²) in [5.41, 5.74) is 6.79. The Morgan fingerprint density at radius 2 is 1.68 bits per heavy atom. The van der Waals surface area contributed by atoms with Gasteiger partial charge in [0.1, 0.15) is 11.6 Å². The van der Waals surface area contributed by atoms with E-state index in [4.69, 9.17) is 9.47 Å². The summed E-state index contributed by atoms with van der Waals surface area (Å²) in [7, 11) is 4.09. The second kappa shape index (κ2) is 14.1. The first-order valence-electron chi connectivity index (χ1n) is 13.4. The summed E-state index contributed by atoms with van der Waals surface area (Å²) in [5, 5.41) is 5.83. The van der Waals surface area contributed by atoms with Gasteiger partial charge in [-0.2, -0.15) is 4.98 Å². The van der Waals surface area contributed by atoms with E-state index in [1.54, 1.807) is 12.3 Å². The first-order valence-corrected chi connectivity index (χ1v) is 13.4. The zero-order valence-corrected chi connectivity index (χ0v) is 23.6. The number of hydrogen-bond acceptors (Lipinski definition) is 7. The van der Waals surface area contributed by atoms with Crippen molar-refractivity contribution in [1.29, 1.82) is 0 Å². The van der Waals surface area contributed by atoms with E-state index in [0.29, 0.717) is 24.8 Å². The van der Waals surface area contributed by atoms with Crippen LogP contribution in [0.15, 0.2) is 79.0 Å². The highest BCUT2D eigenvalue weighted by atomic mass is 16.5. The van der Waals surface area contributed by atoms with E-state index in [0.717, 1.165) is 35.5 Å². The molecule has 0 bridgehead atoms. The zero-order chi connectivity index (χ0) is 28.3. The van der Waals surface area contributed by atoms with Crippen LogP contribution in [0.2, 0.25) is 0 Å². The summed E-state index contributed by atoms with van der Waals surface area (Å²) in [6.45, 7) is 6.14. The molecule has 8 heteroatoms. The molecule has 2 N–H and O–H groups in total. The van der Waals surface area contributed by atoms with Gasteiger partial charge in [0.2, 0.25) is 5.95 Å². The number of rotatable bonds is 12. The third-order valence-corrected chi connectivity index (χ3v) is 6.53. The SMILES string of the molecule is Cc1cccc(-c2ccccc2CCOC(=O)Nc2ccnc(Nc3ccc(OCCCN(C)C)cc3)n2)c1C. The Morgan fingerprint density at radius 1 is 0.900 bits per heavy atom. The molecule has 0 aliphatic rings. The van der Waals surface area contributed by atoms with Crippen molar-refractivity contribution in [2.75, 3.05) is 44.5 Å². The lowest BCUT2D eigenvalue weighted by molar-refractivity contribution is 0.163. The maximum Gasteiger partial charge on any atom is 0.412 e. The lowest BCUT2D eigenvalue weighted by Crippen LogP contribution is -2.16. The fraction of sp³-hybridized carbons (Fsp3) is 0.281. The van der Waals surface area contributed by atoms with Crippen molar-refractivity contribution in [2.45, 2.75) is 26.7 Å². The normalized spacial score (nSPS) is 10.8. The van der Waals surface area contributed by atoms with E-state index in [1.807, 2.05) is 50.5 Å². The Bertz CT molecular complexity index is 1410. The van der Waals surface area contributed by atoms with Gasteiger partial charge in [-0.25, -0.2) is 9.78 Å². The van der Waals surface area contributed by atoms with E-state index in [2.05, 4.69) is 69.7 Å². The molecule has 0 aliphatic heterocycles. The van der Waals surface area contributed by atoms with Crippen LogP contribution in [0.25, 0.3) is 11.1 Å². The van der Waals surface area contributed by atoms with Crippen LogP contribution in [0.5, 0.6) is 5.75 Å². The second-order valence-electron chi connectivity index (χ2n) is 9.84. The van der Waals surface area contributed by atoms with Gasteiger partial charge in [-0.15, -0.1) is 0 Å². The van der Waals surface area contributed by atoms with Crippen molar-refractivity contribution >= 4 is 23.5 Å². The van der Waals surface area contributed by atoms with Gasteiger partial charge in [0.05, 0.1) is 13.2 Å². The van der Waals surface area contributed by atoms with Gasteiger partial charge in [-0.05, 0) is 92.5 Å². The van der Waals surface area contributed by atoms with Crippen molar-refractivity contribution in [3.63, 3.8) is 0 Å². The van der Waals surface area contributed by atoms with Crippen molar-refractivity contribution in [2.24, 2.45) is 0 Å². The lowest BCUT2D eigenvalue weighted by Gasteiger charge is -2.14. The molecular weight excluding hydrogens is 502 g/mol.